The van der Waals surface area contributed by atoms with Gasteiger partial charge in [-0.3, -0.25) is 4.79 Å². The molecule has 0 heterocycles. The average Bonchev–Trinajstić information content (AvgIpc) is 2.56. The van der Waals surface area contributed by atoms with Crippen LogP contribution in [-0.2, 0) is 11.2 Å². The Bertz CT molecular complexity index is 660. The summed E-state index contributed by atoms with van der Waals surface area (Å²) in [6, 6.07) is 9.79. The van der Waals surface area contributed by atoms with E-state index in [-0.39, 0.29) is 5.91 Å². The Morgan fingerprint density at radius 3 is 2.84 bits per heavy atom. The minimum absolute atomic E-state index is 0.0514. The molecule has 1 aromatic carbocycles. The van der Waals surface area contributed by atoms with E-state index in [1.807, 2.05) is 36.5 Å². The fourth-order valence-electron chi connectivity index (χ4n) is 4.41. The predicted molar refractivity (Wildman–Crippen MR) is 103 cm³/mol. The van der Waals surface area contributed by atoms with Crippen molar-refractivity contribution in [2.24, 2.45) is 28.3 Å². The third-order valence-electron chi connectivity index (χ3n) is 6.05. The number of carbonyl (C=O) groups is 1. The third kappa shape index (κ3) is 4.39. The molecule has 2 aliphatic carbocycles. The van der Waals surface area contributed by atoms with Crippen molar-refractivity contribution in [1.29, 1.82) is 0 Å². The zero-order chi connectivity index (χ0) is 17.9. The predicted octanol–water partition coefficient (Wildman–Crippen LogP) is 4.74. The number of nitrogens with zero attached hydrogens (tertiary/aromatic N) is 1. The maximum absolute atomic E-state index is 12.0. The molecule has 25 heavy (non-hydrogen) atoms. The molecule has 0 bridgehead atoms. The number of amides is 1. The fraction of sp³-hybridized carbons (Fsp3) is 0.545. The molecule has 1 saturated carbocycles. The second kappa shape index (κ2) is 7.55. The number of hydrogen-bond acceptors (Lipinski definition) is 2. The fourth-order valence-corrected chi connectivity index (χ4v) is 4.41. The van der Waals surface area contributed by atoms with Crippen LogP contribution < -0.4 is 5.43 Å². The van der Waals surface area contributed by atoms with E-state index in [1.165, 1.54) is 19.3 Å². The van der Waals surface area contributed by atoms with Crippen LogP contribution in [0.1, 0.15) is 52.0 Å². The number of nitrogens with one attached hydrogen (secondary N) is 1. The van der Waals surface area contributed by atoms with E-state index in [1.54, 1.807) is 5.57 Å². The van der Waals surface area contributed by atoms with Gasteiger partial charge in [0.25, 0.3) is 0 Å². The van der Waals surface area contributed by atoms with Gasteiger partial charge in [0.2, 0.25) is 5.91 Å². The van der Waals surface area contributed by atoms with Gasteiger partial charge in [0.1, 0.15) is 0 Å². The van der Waals surface area contributed by atoms with Gasteiger partial charge in [-0.15, -0.1) is 0 Å². The van der Waals surface area contributed by atoms with E-state index in [0.717, 1.165) is 12.0 Å². The van der Waals surface area contributed by atoms with Crippen LogP contribution in [0.3, 0.4) is 0 Å². The van der Waals surface area contributed by atoms with Crippen molar-refractivity contribution >= 4 is 12.1 Å². The number of rotatable bonds is 4. The van der Waals surface area contributed by atoms with Crippen molar-refractivity contribution in [3.05, 3.63) is 47.5 Å². The molecule has 0 aromatic heterocycles. The van der Waals surface area contributed by atoms with Gasteiger partial charge in [0, 0.05) is 6.21 Å². The molecule has 0 spiro atoms. The molecular weight excluding hydrogens is 308 g/mol. The number of carbonyl (C=O) groups excluding carboxylic acids is 1. The van der Waals surface area contributed by atoms with Gasteiger partial charge in [0.05, 0.1) is 6.42 Å². The Morgan fingerprint density at radius 2 is 2.08 bits per heavy atom. The molecule has 1 N–H and O–H groups in total. The Morgan fingerprint density at radius 1 is 1.32 bits per heavy atom. The molecular formula is C22H30N2O. The summed E-state index contributed by atoms with van der Waals surface area (Å²) in [5, 5.41) is 4.28. The number of hydrogen-bond donors (Lipinski definition) is 1. The van der Waals surface area contributed by atoms with Crippen LogP contribution in [0.4, 0.5) is 0 Å². The first kappa shape index (κ1) is 17.9. The molecule has 1 aromatic rings. The normalized spacial score (nSPS) is 28.3. The highest BCUT2D eigenvalue weighted by Crippen LogP contribution is 2.50. The Hall–Kier alpha value is -1.90. The minimum atomic E-state index is -0.0514. The van der Waals surface area contributed by atoms with Gasteiger partial charge in [-0.1, -0.05) is 62.8 Å². The number of fused-ring (bicyclic) bond motifs is 1. The maximum atomic E-state index is 12.0. The zero-order valence-electron chi connectivity index (χ0n) is 15.7. The molecule has 3 rings (SSSR count). The average molecular weight is 338 g/mol. The number of benzene rings is 1. The molecule has 3 nitrogen and oxygen atoms in total. The first-order valence-corrected chi connectivity index (χ1v) is 9.50. The Labute approximate surface area is 151 Å². The van der Waals surface area contributed by atoms with Crippen molar-refractivity contribution in [1.82, 2.24) is 5.43 Å². The van der Waals surface area contributed by atoms with Crippen molar-refractivity contribution in [2.45, 2.75) is 52.9 Å². The van der Waals surface area contributed by atoms with Crippen LogP contribution in [-0.4, -0.2) is 12.1 Å². The van der Waals surface area contributed by atoms with Crippen molar-refractivity contribution in [3.63, 3.8) is 0 Å². The lowest BCUT2D eigenvalue weighted by molar-refractivity contribution is -0.120. The monoisotopic (exact) mass is 338 g/mol. The highest BCUT2D eigenvalue weighted by atomic mass is 16.2. The molecule has 0 saturated heterocycles. The van der Waals surface area contributed by atoms with Gasteiger partial charge in [-0.2, -0.15) is 5.10 Å². The van der Waals surface area contributed by atoms with E-state index < -0.39 is 0 Å². The number of allylic oxidation sites excluding steroid dienone is 2. The third-order valence-corrected chi connectivity index (χ3v) is 6.05. The van der Waals surface area contributed by atoms with Crippen LogP contribution in [0, 0.1) is 23.2 Å². The van der Waals surface area contributed by atoms with Crippen LogP contribution in [0.2, 0.25) is 0 Å². The summed E-state index contributed by atoms with van der Waals surface area (Å²) in [6.07, 6.45) is 9.64. The van der Waals surface area contributed by atoms with Crippen LogP contribution >= 0.6 is 0 Å². The van der Waals surface area contributed by atoms with Crippen molar-refractivity contribution < 1.29 is 4.79 Å². The highest BCUT2D eigenvalue weighted by molar-refractivity contribution is 5.79. The summed E-state index contributed by atoms with van der Waals surface area (Å²) >= 11 is 0. The summed E-state index contributed by atoms with van der Waals surface area (Å²) in [4.78, 5) is 12.0. The molecule has 0 radical (unpaired) electrons. The Kier molecular flexibility index (Phi) is 5.41. The van der Waals surface area contributed by atoms with Gasteiger partial charge < -0.3 is 0 Å². The maximum Gasteiger partial charge on any atom is 0.244 e. The van der Waals surface area contributed by atoms with Crippen LogP contribution in [0.5, 0.6) is 0 Å². The molecule has 1 fully saturated rings. The van der Waals surface area contributed by atoms with Gasteiger partial charge in [-0.25, -0.2) is 5.43 Å². The van der Waals surface area contributed by atoms with E-state index in [9.17, 15) is 4.79 Å². The van der Waals surface area contributed by atoms with Crippen molar-refractivity contribution in [2.75, 3.05) is 0 Å². The van der Waals surface area contributed by atoms with Gasteiger partial charge in [0.15, 0.2) is 0 Å². The summed E-state index contributed by atoms with van der Waals surface area (Å²) in [5.74, 6) is 1.64. The second-order valence-electron chi connectivity index (χ2n) is 8.42. The number of hydrazone groups is 1. The van der Waals surface area contributed by atoms with E-state index in [4.69, 9.17) is 0 Å². The second-order valence-corrected chi connectivity index (χ2v) is 8.42. The summed E-state index contributed by atoms with van der Waals surface area (Å²) in [6.45, 7) is 7.11. The largest absolute Gasteiger partial charge is 0.273 e. The molecule has 3 atom stereocenters. The molecule has 3 unspecified atom stereocenters. The minimum Gasteiger partial charge on any atom is -0.273 e. The molecule has 0 aliphatic heterocycles. The standard InChI is InChI=1S/C22H30N2O/c1-16-12-18-10-7-11-22(2,3)20(18)14-19(16)15-23-24-21(25)13-17-8-5-4-6-9-17/h4-6,8-10,15-16,19-20H,7,11-14H2,1-3H3,(H,24,25). The SMILES string of the molecule is CC1CC2=CCCC(C)(C)C2CC1C=NNC(=O)Cc1ccccc1. The summed E-state index contributed by atoms with van der Waals surface area (Å²) in [5.41, 5.74) is 5.76. The Balaban J connectivity index is 1.57. The highest BCUT2D eigenvalue weighted by Gasteiger charge is 2.40. The molecule has 1 amide bonds. The molecule has 3 heteroatoms. The zero-order valence-corrected chi connectivity index (χ0v) is 15.7. The summed E-state index contributed by atoms with van der Waals surface area (Å²) in [7, 11) is 0. The van der Waals surface area contributed by atoms with E-state index in [2.05, 4.69) is 37.4 Å². The molecule has 2 aliphatic rings. The van der Waals surface area contributed by atoms with Gasteiger partial charge >= 0.3 is 0 Å². The summed E-state index contributed by atoms with van der Waals surface area (Å²) < 4.78 is 0. The quantitative estimate of drug-likeness (QED) is 0.481. The van der Waals surface area contributed by atoms with E-state index in [0.29, 0.717) is 29.6 Å². The smallest absolute Gasteiger partial charge is 0.244 e. The van der Waals surface area contributed by atoms with Crippen LogP contribution in [0.15, 0.2) is 47.1 Å². The van der Waals surface area contributed by atoms with Crippen LogP contribution in [0.25, 0.3) is 0 Å². The topological polar surface area (TPSA) is 41.5 Å². The lowest BCUT2D eigenvalue weighted by atomic mass is 9.59. The first-order chi connectivity index (χ1) is 12.0. The first-order valence-electron chi connectivity index (χ1n) is 9.50. The van der Waals surface area contributed by atoms with Crippen molar-refractivity contribution in [3.8, 4) is 0 Å². The lowest BCUT2D eigenvalue weighted by Gasteiger charge is -2.46. The van der Waals surface area contributed by atoms with Gasteiger partial charge in [-0.05, 0) is 54.4 Å². The lowest BCUT2D eigenvalue weighted by Crippen LogP contribution is -2.37. The van der Waals surface area contributed by atoms with E-state index >= 15 is 0 Å². The molecule has 134 valence electrons.